The van der Waals surface area contributed by atoms with Crippen molar-refractivity contribution < 1.29 is 91.6 Å². The maximum atomic E-state index is 14.9. The summed E-state index contributed by atoms with van der Waals surface area (Å²) < 4.78 is 38.6. The molecule has 4 aliphatic rings. The fourth-order valence-corrected chi connectivity index (χ4v) is 18.7. The van der Waals surface area contributed by atoms with Crippen molar-refractivity contribution in [3.8, 4) is 0 Å². The van der Waals surface area contributed by atoms with Gasteiger partial charge in [-0.3, -0.25) is 66.8 Å². The molecule has 38 heteroatoms. The number of unbranched alkanes of at least 4 members (excludes halogenated alkanes) is 1. The number of aliphatic carboxylic acids is 1. The molecular formula is C65H104N13O19P3S3. The van der Waals surface area contributed by atoms with Crippen LogP contribution in [0.4, 0.5) is 4.79 Å². The second-order valence-corrected chi connectivity index (χ2v) is 36.9. The number of hydrogen-bond donors (Lipinski definition) is 14. The molecule has 3 saturated heterocycles. The van der Waals surface area contributed by atoms with Gasteiger partial charge in [0.25, 0.3) is 0 Å². The first kappa shape index (κ1) is 86.3. The first-order valence-electron chi connectivity index (χ1n) is 34.7. The highest BCUT2D eigenvalue weighted by Crippen LogP contribution is 2.43. The molecule has 10 atom stereocenters. The molecule has 0 radical (unpaired) electrons. The Morgan fingerprint density at radius 1 is 0.650 bits per heavy atom. The van der Waals surface area contributed by atoms with Gasteiger partial charge < -0.3 is 82.8 Å². The number of benzene rings is 2. The third-order valence-corrected chi connectivity index (χ3v) is 25.4. The minimum absolute atomic E-state index is 0.0647. The van der Waals surface area contributed by atoms with E-state index in [0.29, 0.717) is 48.6 Å². The van der Waals surface area contributed by atoms with Crippen LogP contribution in [-0.2, 0) is 80.5 Å². The second kappa shape index (κ2) is 42.6. The van der Waals surface area contributed by atoms with Gasteiger partial charge in [-0.15, -0.1) is 0 Å². The van der Waals surface area contributed by atoms with Crippen LogP contribution in [0.5, 0.6) is 0 Å². The van der Waals surface area contributed by atoms with Gasteiger partial charge in [0.2, 0.25) is 69.4 Å². The molecule has 2 bridgehead atoms. The Balaban J connectivity index is 1.22. The molecule has 2 aromatic rings. The first-order chi connectivity index (χ1) is 48.9. The van der Waals surface area contributed by atoms with Gasteiger partial charge in [-0.1, -0.05) is 75.7 Å². The number of aliphatic hydroxyl groups excluding tert-OH is 2. The highest BCUT2D eigenvalue weighted by atomic mass is 32.2. The van der Waals surface area contributed by atoms with Crippen molar-refractivity contribution in [1.82, 2.24) is 61.7 Å². The van der Waals surface area contributed by atoms with Crippen LogP contribution in [-0.4, -0.2) is 276 Å². The van der Waals surface area contributed by atoms with Gasteiger partial charge in [-0.05, 0) is 66.7 Å². The molecule has 32 nitrogen and oxygen atoms in total. The van der Waals surface area contributed by atoms with Crippen LogP contribution in [0.15, 0.2) is 48.5 Å². The minimum atomic E-state index is -4.02. The molecule has 3 unspecified atom stereocenters. The molecule has 0 aromatic heterocycles. The lowest BCUT2D eigenvalue weighted by Gasteiger charge is -2.33. The lowest BCUT2D eigenvalue weighted by atomic mass is 10.0. The van der Waals surface area contributed by atoms with Crippen LogP contribution in [0.3, 0.4) is 0 Å². The molecule has 6 rings (SSSR count). The van der Waals surface area contributed by atoms with Crippen LogP contribution >= 0.6 is 57.4 Å². The summed E-state index contributed by atoms with van der Waals surface area (Å²) in [5.41, 5.74) is 8.50. The van der Waals surface area contributed by atoms with Gasteiger partial charge in [0.1, 0.15) is 55.0 Å². The molecule has 0 spiro atoms. The van der Waals surface area contributed by atoms with Gasteiger partial charge in [0.05, 0.1) is 18.9 Å². The summed E-state index contributed by atoms with van der Waals surface area (Å²) in [6.07, 6.45) is -1.68. The summed E-state index contributed by atoms with van der Waals surface area (Å²) in [7, 11) is -11.9. The van der Waals surface area contributed by atoms with Crippen LogP contribution in [0.25, 0.3) is 0 Å². The Hall–Kier alpha value is -5.64. The smallest absolute Gasteiger partial charge is 0.327 e. The lowest BCUT2D eigenvalue weighted by molar-refractivity contribution is -0.147. The van der Waals surface area contributed by atoms with Gasteiger partial charge in [0.15, 0.2) is 0 Å². The molecule has 15 N–H and O–H groups in total. The summed E-state index contributed by atoms with van der Waals surface area (Å²) >= 11 is 4.02. The van der Waals surface area contributed by atoms with E-state index in [-0.39, 0.29) is 140 Å². The average Bonchev–Trinajstić information content (AvgIpc) is 1.70. The van der Waals surface area contributed by atoms with Gasteiger partial charge in [0, 0.05) is 125 Å². The normalized spacial score (nSPS) is 24.3. The predicted molar refractivity (Wildman–Crippen MR) is 394 cm³/mol. The number of carboxylic acid groups (broad SMARTS) is 1. The van der Waals surface area contributed by atoms with Crippen molar-refractivity contribution >= 4 is 117 Å². The van der Waals surface area contributed by atoms with Crippen molar-refractivity contribution in [2.45, 2.75) is 145 Å². The minimum Gasteiger partial charge on any atom is -0.480 e. The number of primary amides is 1. The van der Waals surface area contributed by atoms with E-state index in [0.717, 1.165) is 23.1 Å². The maximum Gasteiger partial charge on any atom is 0.327 e. The van der Waals surface area contributed by atoms with Crippen LogP contribution < -0.4 is 43.0 Å². The second-order valence-electron chi connectivity index (χ2n) is 26.8. The van der Waals surface area contributed by atoms with Gasteiger partial charge >= 0.3 is 12.0 Å². The third kappa shape index (κ3) is 29.6. The number of thioether (sulfide) groups is 3. The Morgan fingerprint density at radius 3 is 1.77 bits per heavy atom. The van der Waals surface area contributed by atoms with Crippen LogP contribution in [0.1, 0.15) is 101 Å². The summed E-state index contributed by atoms with van der Waals surface area (Å²) in [5, 5.41) is 48.7. The quantitative estimate of drug-likeness (QED) is 0.0439. The zero-order valence-corrected chi connectivity index (χ0v) is 63.9. The number of carboxylic acids is 1. The Morgan fingerprint density at radius 2 is 1.20 bits per heavy atom. The standard InChI is InChI=1S/C65H104N13O19P3S3/c1-4-5-18-68-65(91)72-51-37-102-35-47-30-46(34-101-29-19-67-56(82)17-28-98(92,93)39-74-22-24-75(40-99(94,95)42-79)26-27-76(25-23-74)41-100(96,97)43-80)31-48(32-47)36-103-38-52(64(89)90)71-59(84)50(33-45-11-7-6-8-12-45)70-58(83)49(15-16-55(66)81)69-61(86)57(44(2)3)73-60(85)53-13-9-20-77(53)63(88)54-14-10-21-78(54)62(51)87/h6-8,11-12,30-32,44,49-54,57,79-80H,4-5,9-10,13-29,33-43H2,1-3H3,(H2,66,81)(H,67,82)(H,69,86)(H,70,83)(H,71,84)(H,73,85)(H,89,90)(H,92,93)(H,94,95)(H,96,97)(H2,68,72,91)/t49-,50-,51-,52-,53-,54-,57-/m0/s1. The fourth-order valence-electron chi connectivity index (χ4n) is 12.3. The first-order valence-corrected chi connectivity index (χ1v) is 44.3. The summed E-state index contributed by atoms with van der Waals surface area (Å²) in [5.74, 6) is -6.22. The molecule has 576 valence electrons. The molecule has 0 aliphatic carbocycles. The number of nitrogens with two attached hydrogens (primary N) is 1. The summed E-state index contributed by atoms with van der Waals surface area (Å²) in [6.45, 7) is 7.17. The van der Waals surface area contributed by atoms with E-state index in [1.54, 1.807) is 58.9 Å². The van der Waals surface area contributed by atoms with Crippen molar-refractivity contribution in [2.24, 2.45) is 11.7 Å². The zero-order chi connectivity index (χ0) is 75.4. The van der Waals surface area contributed by atoms with E-state index < -0.39 is 142 Å². The molecule has 103 heavy (non-hydrogen) atoms. The van der Waals surface area contributed by atoms with E-state index in [9.17, 15) is 91.6 Å². The zero-order valence-electron chi connectivity index (χ0n) is 58.7. The molecule has 4 aliphatic heterocycles. The highest BCUT2D eigenvalue weighted by molar-refractivity contribution is 7.99. The van der Waals surface area contributed by atoms with Crippen molar-refractivity contribution in [1.29, 1.82) is 0 Å². The number of urea groups is 1. The molecule has 10 amide bonds. The fraction of sp³-hybridized carbons (Fsp3) is 0.662. The maximum absolute atomic E-state index is 14.9. The molecule has 3 fully saturated rings. The molecule has 0 saturated carbocycles. The van der Waals surface area contributed by atoms with Crippen molar-refractivity contribution in [3.63, 3.8) is 0 Å². The number of carbonyl (C=O) groups is 10. The summed E-state index contributed by atoms with van der Waals surface area (Å²) in [4.78, 5) is 178. The Kier molecular flexibility index (Phi) is 35.7. The number of amides is 10. The van der Waals surface area contributed by atoms with E-state index in [2.05, 4.69) is 37.2 Å². The molecule has 4 heterocycles. The number of fused-ring (bicyclic) bond motifs is 4. The number of aliphatic hydroxyl groups is 2. The average molecular weight is 1560 g/mol. The number of carbonyl (C=O) groups excluding carboxylic acids is 9. The Labute approximate surface area is 614 Å². The Bertz CT molecular complexity index is 3340. The third-order valence-electron chi connectivity index (χ3n) is 17.8. The van der Waals surface area contributed by atoms with E-state index >= 15 is 0 Å². The number of nitrogens with zero attached hydrogens (tertiary/aromatic N) is 5. The van der Waals surface area contributed by atoms with E-state index in [1.165, 1.54) is 45.1 Å². The molecular weight excluding hydrogens is 1460 g/mol. The van der Waals surface area contributed by atoms with Gasteiger partial charge in [-0.2, -0.15) is 35.3 Å². The number of rotatable bonds is 27. The van der Waals surface area contributed by atoms with E-state index in [4.69, 9.17) is 5.73 Å². The van der Waals surface area contributed by atoms with Crippen LogP contribution in [0.2, 0.25) is 0 Å². The topological polar surface area (TPSA) is 470 Å². The number of hydrogen-bond acceptors (Lipinski definition) is 21. The highest BCUT2D eigenvalue weighted by Gasteiger charge is 2.45. The lowest BCUT2D eigenvalue weighted by Crippen LogP contribution is -2.60. The SMILES string of the molecule is CCCCNC(=O)N[C@H]1CSCc2cc(CSCCNC(=O)CCP(=O)(O)CN3CCN(CP(=O)(O)CO)CCN(CP(=O)(O)CO)CC3)cc(c2)CSC[C@@H](C(=O)O)NC(=O)[C@H](Cc2ccccc2)NC(=O)[C@H](CCC(N)=O)NC(=O)[C@H](C(C)C)NC(=O)[C@@H]2CCCN2C(=O)[C@@H]2CCCN2C1=O. The monoisotopic (exact) mass is 1560 g/mol. The van der Waals surface area contributed by atoms with Gasteiger partial charge in [-0.25, -0.2) is 9.59 Å². The van der Waals surface area contributed by atoms with Crippen LogP contribution in [0, 0.1) is 5.92 Å². The van der Waals surface area contributed by atoms with Crippen molar-refractivity contribution in [2.75, 3.05) is 120 Å². The summed E-state index contributed by atoms with van der Waals surface area (Å²) in [6, 6.07) is 4.97. The van der Waals surface area contributed by atoms with Crippen molar-refractivity contribution in [3.05, 3.63) is 70.8 Å². The number of nitrogens with one attached hydrogen (secondary N) is 7. The largest absolute Gasteiger partial charge is 0.480 e. The predicted octanol–water partition coefficient (Wildman–Crippen LogP) is 1.05. The molecule has 2 aromatic carbocycles. The van der Waals surface area contributed by atoms with E-state index in [1.807, 2.05) is 25.1 Å².